The smallest absolute Gasteiger partial charge is 0.210 e. The van der Waals surface area contributed by atoms with Gasteiger partial charge in [-0.3, -0.25) is 4.79 Å². The van der Waals surface area contributed by atoms with Gasteiger partial charge in [-0.05, 0) is 6.08 Å². The van der Waals surface area contributed by atoms with Crippen LogP contribution in [0.15, 0.2) is 25.0 Å². The van der Waals surface area contributed by atoms with E-state index in [4.69, 9.17) is 5.11 Å². The fraction of sp³-hybridized carbons (Fsp3) is 0.167. The number of carbonyl (C=O) groups excluding carboxylic acids is 1. The molecule has 0 spiro atoms. The van der Waals surface area contributed by atoms with Crippen LogP contribution in [0.1, 0.15) is 0 Å². The lowest BCUT2D eigenvalue weighted by molar-refractivity contribution is 0.469. The number of hydrogen-bond donors (Lipinski definition) is 1. The lowest BCUT2D eigenvalue weighted by atomic mass is 10.2. The van der Waals surface area contributed by atoms with Crippen LogP contribution < -0.4 is 0 Å². The number of hydrogen-bond acceptors (Lipinski definition) is 2. The maximum absolute atomic E-state index is 9.77. The Bertz CT molecular complexity index is 97.1. The van der Waals surface area contributed by atoms with Crippen molar-refractivity contribution < 1.29 is 9.90 Å². The molecule has 0 heterocycles. The molecular formula is C6H7O2. The third-order valence-electron chi connectivity index (χ3n) is 0.683. The Kier molecular flexibility index (Phi) is 3.58. The van der Waals surface area contributed by atoms with Gasteiger partial charge in [-0.2, -0.15) is 0 Å². The van der Waals surface area contributed by atoms with Crippen molar-refractivity contribution in [3.05, 3.63) is 25.0 Å². The SMILES string of the molecule is C=CC([C]=O)C=CO. The van der Waals surface area contributed by atoms with Crippen LogP contribution in [0.2, 0.25) is 0 Å². The zero-order valence-corrected chi connectivity index (χ0v) is 4.37. The van der Waals surface area contributed by atoms with Crippen molar-refractivity contribution in [2.24, 2.45) is 5.92 Å². The van der Waals surface area contributed by atoms with Crippen molar-refractivity contribution in [3.63, 3.8) is 0 Å². The minimum absolute atomic E-state index is 0.472. The van der Waals surface area contributed by atoms with Crippen molar-refractivity contribution in [3.8, 4) is 0 Å². The molecule has 1 N–H and O–H groups in total. The Hall–Kier alpha value is -1.05. The zero-order valence-electron chi connectivity index (χ0n) is 4.37. The first-order valence-corrected chi connectivity index (χ1v) is 2.16. The van der Waals surface area contributed by atoms with Gasteiger partial charge in [-0.25, -0.2) is 0 Å². The second kappa shape index (κ2) is 4.12. The molecule has 0 rings (SSSR count). The van der Waals surface area contributed by atoms with E-state index in [1.807, 2.05) is 0 Å². The molecule has 0 aliphatic carbocycles. The van der Waals surface area contributed by atoms with Crippen LogP contribution in [0.3, 0.4) is 0 Å². The van der Waals surface area contributed by atoms with Crippen molar-refractivity contribution >= 4 is 6.29 Å². The van der Waals surface area contributed by atoms with Crippen LogP contribution in [-0.4, -0.2) is 11.4 Å². The Morgan fingerprint density at radius 1 is 1.75 bits per heavy atom. The summed E-state index contributed by atoms with van der Waals surface area (Å²) < 4.78 is 0. The molecule has 0 aromatic rings. The minimum atomic E-state index is -0.472. The van der Waals surface area contributed by atoms with E-state index < -0.39 is 5.92 Å². The molecule has 0 bridgehead atoms. The number of aliphatic hydroxyl groups is 1. The molecule has 1 unspecified atom stereocenters. The van der Waals surface area contributed by atoms with Crippen LogP contribution in [-0.2, 0) is 4.79 Å². The lowest BCUT2D eigenvalue weighted by Crippen LogP contribution is -1.89. The molecule has 0 aliphatic rings. The topological polar surface area (TPSA) is 37.3 Å². The summed E-state index contributed by atoms with van der Waals surface area (Å²) in [6.45, 7) is 3.33. The van der Waals surface area contributed by atoms with Crippen molar-refractivity contribution in [1.82, 2.24) is 0 Å². The standard InChI is InChI=1S/C6H7O2/c1-2-6(5-8)3-4-7/h2-4,6-7H,1H2. The fourth-order valence-electron chi connectivity index (χ4n) is 0.259. The van der Waals surface area contributed by atoms with Crippen molar-refractivity contribution in [1.29, 1.82) is 0 Å². The second-order valence-corrected chi connectivity index (χ2v) is 1.22. The molecule has 0 saturated heterocycles. The highest BCUT2D eigenvalue weighted by atomic mass is 16.2. The van der Waals surface area contributed by atoms with Crippen LogP contribution >= 0.6 is 0 Å². The Balaban J connectivity index is 3.69. The lowest BCUT2D eigenvalue weighted by Gasteiger charge is -1.87. The summed E-state index contributed by atoms with van der Waals surface area (Å²) >= 11 is 0. The Morgan fingerprint density at radius 2 is 2.38 bits per heavy atom. The molecular weight excluding hydrogens is 104 g/mol. The van der Waals surface area contributed by atoms with E-state index in [2.05, 4.69) is 6.58 Å². The summed E-state index contributed by atoms with van der Waals surface area (Å²) in [7, 11) is 0. The maximum Gasteiger partial charge on any atom is 0.210 e. The first-order valence-electron chi connectivity index (χ1n) is 2.16. The quantitative estimate of drug-likeness (QED) is 0.435. The van der Waals surface area contributed by atoms with E-state index >= 15 is 0 Å². The van der Waals surface area contributed by atoms with Gasteiger partial charge in [-0.15, -0.1) is 6.58 Å². The molecule has 0 saturated carbocycles. The Labute approximate surface area is 48.1 Å². The van der Waals surface area contributed by atoms with Gasteiger partial charge in [0.15, 0.2) is 0 Å². The highest BCUT2D eigenvalue weighted by molar-refractivity contribution is 5.59. The summed E-state index contributed by atoms with van der Waals surface area (Å²) in [5, 5.41) is 8.09. The van der Waals surface area contributed by atoms with E-state index in [1.165, 1.54) is 12.2 Å². The number of aliphatic hydroxyl groups excluding tert-OH is 1. The second-order valence-electron chi connectivity index (χ2n) is 1.22. The van der Waals surface area contributed by atoms with Gasteiger partial charge in [0, 0.05) is 0 Å². The maximum atomic E-state index is 9.77. The molecule has 0 fully saturated rings. The zero-order chi connectivity index (χ0) is 6.41. The van der Waals surface area contributed by atoms with Gasteiger partial charge in [0.2, 0.25) is 6.29 Å². The predicted octanol–water partition coefficient (Wildman–Crippen LogP) is 0.970. The van der Waals surface area contributed by atoms with Crippen LogP contribution in [0.25, 0.3) is 0 Å². The normalized spacial score (nSPS) is 13.5. The van der Waals surface area contributed by atoms with Gasteiger partial charge in [-0.1, -0.05) is 6.08 Å². The molecule has 0 aliphatic heterocycles. The Morgan fingerprint density at radius 3 is 2.50 bits per heavy atom. The van der Waals surface area contributed by atoms with Crippen LogP contribution in [0, 0.1) is 5.92 Å². The van der Waals surface area contributed by atoms with Gasteiger partial charge >= 0.3 is 0 Å². The van der Waals surface area contributed by atoms with Crippen LogP contribution in [0.5, 0.6) is 0 Å². The predicted molar refractivity (Wildman–Crippen MR) is 31.1 cm³/mol. The van der Waals surface area contributed by atoms with Gasteiger partial charge in [0.25, 0.3) is 0 Å². The molecule has 0 aromatic carbocycles. The molecule has 0 amide bonds. The van der Waals surface area contributed by atoms with Gasteiger partial charge in [0.05, 0.1) is 12.2 Å². The first-order chi connectivity index (χ1) is 3.85. The van der Waals surface area contributed by atoms with E-state index in [-0.39, 0.29) is 0 Å². The molecule has 2 heteroatoms. The fourth-order valence-corrected chi connectivity index (χ4v) is 0.259. The van der Waals surface area contributed by atoms with E-state index in [0.717, 1.165) is 6.26 Å². The average molecular weight is 111 g/mol. The number of allylic oxidation sites excluding steroid dienone is 2. The third-order valence-corrected chi connectivity index (χ3v) is 0.683. The largest absolute Gasteiger partial charge is 0.516 e. The summed E-state index contributed by atoms with van der Waals surface area (Å²) in [4.78, 5) is 9.77. The van der Waals surface area contributed by atoms with Crippen molar-refractivity contribution in [2.45, 2.75) is 0 Å². The molecule has 1 atom stereocenters. The highest BCUT2D eigenvalue weighted by Crippen LogP contribution is 1.92. The monoisotopic (exact) mass is 111 g/mol. The first kappa shape index (κ1) is 6.95. The molecule has 0 aromatic heterocycles. The van der Waals surface area contributed by atoms with E-state index in [0.29, 0.717) is 0 Å². The molecule has 2 nitrogen and oxygen atoms in total. The summed E-state index contributed by atoms with van der Waals surface area (Å²) in [6, 6.07) is 0. The summed E-state index contributed by atoms with van der Waals surface area (Å²) in [5.41, 5.74) is 0. The number of rotatable bonds is 3. The molecule has 8 heavy (non-hydrogen) atoms. The van der Waals surface area contributed by atoms with Gasteiger partial charge in [0.1, 0.15) is 0 Å². The van der Waals surface area contributed by atoms with Crippen LogP contribution in [0.4, 0.5) is 0 Å². The van der Waals surface area contributed by atoms with E-state index in [1.54, 1.807) is 6.29 Å². The highest BCUT2D eigenvalue weighted by Gasteiger charge is 1.93. The van der Waals surface area contributed by atoms with Crippen molar-refractivity contribution in [2.75, 3.05) is 0 Å². The summed E-state index contributed by atoms with van der Waals surface area (Å²) in [6.07, 6.45) is 5.12. The van der Waals surface area contributed by atoms with Gasteiger partial charge < -0.3 is 5.11 Å². The van der Waals surface area contributed by atoms with E-state index in [9.17, 15) is 4.79 Å². The minimum Gasteiger partial charge on any atom is -0.516 e. The summed E-state index contributed by atoms with van der Waals surface area (Å²) in [5.74, 6) is -0.472. The molecule has 43 valence electrons. The average Bonchev–Trinajstić information content (AvgIpc) is 1.83. The third kappa shape index (κ3) is 2.18. The molecule has 1 radical (unpaired) electrons.